The molecular weight excluding hydrogens is 364 g/mol. The molecule has 0 radical (unpaired) electrons. The molecule has 0 aliphatic carbocycles. The Hall–Kier alpha value is -0.440. The predicted molar refractivity (Wildman–Crippen MR) is 85.8 cm³/mol. The Labute approximate surface area is 131 Å². The Morgan fingerprint density at radius 3 is 2.65 bits per heavy atom. The van der Waals surface area contributed by atoms with Crippen LogP contribution in [0.4, 0.5) is 5.69 Å². The van der Waals surface area contributed by atoms with Crippen LogP contribution in [0, 0.1) is 0 Å². The Morgan fingerprint density at radius 1 is 1.40 bits per heavy atom. The summed E-state index contributed by atoms with van der Waals surface area (Å²) in [6, 6.07) is 2.97. The van der Waals surface area contributed by atoms with Gasteiger partial charge in [-0.3, -0.25) is 0 Å². The van der Waals surface area contributed by atoms with Crippen LogP contribution in [0.2, 0.25) is 0 Å². The molecule has 1 aliphatic heterocycles. The van der Waals surface area contributed by atoms with Crippen LogP contribution in [-0.2, 0) is 10.0 Å². The van der Waals surface area contributed by atoms with E-state index in [9.17, 15) is 8.42 Å². The van der Waals surface area contributed by atoms with Crippen molar-refractivity contribution in [2.24, 2.45) is 0 Å². The maximum absolute atomic E-state index is 12.5. The largest absolute Gasteiger partial charge is 0.495 e. The summed E-state index contributed by atoms with van der Waals surface area (Å²) in [6.07, 6.45) is 1.69. The number of rotatable bonds is 4. The monoisotopic (exact) mass is 380 g/mol. The van der Waals surface area contributed by atoms with Crippen LogP contribution < -0.4 is 15.2 Å². The average molecular weight is 381 g/mol. The first kappa shape index (κ1) is 15.9. The van der Waals surface area contributed by atoms with Gasteiger partial charge in [-0.05, 0) is 52.4 Å². The highest BCUT2D eigenvalue weighted by Crippen LogP contribution is 2.32. The molecule has 1 heterocycles. The van der Waals surface area contributed by atoms with E-state index < -0.39 is 10.0 Å². The molecule has 0 unspecified atom stereocenters. The molecule has 5 nitrogen and oxygen atoms in total. The van der Waals surface area contributed by atoms with E-state index in [-0.39, 0.29) is 16.7 Å². The van der Waals surface area contributed by atoms with Gasteiger partial charge in [0.2, 0.25) is 10.0 Å². The molecule has 3 N–H and O–H groups in total. The molecule has 0 aromatic heterocycles. The van der Waals surface area contributed by atoms with Gasteiger partial charge in [0.15, 0.2) is 0 Å². The van der Waals surface area contributed by atoms with Gasteiger partial charge >= 0.3 is 0 Å². The van der Waals surface area contributed by atoms with Crippen LogP contribution in [-0.4, -0.2) is 33.1 Å². The number of nitrogens with one attached hydrogen (secondary N) is 1. The molecule has 0 atom stereocenters. The number of methoxy groups -OCH3 is 1. The lowest BCUT2D eigenvalue weighted by Crippen LogP contribution is -2.37. The first-order valence-corrected chi connectivity index (χ1v) is 9.60. The van der Waals surface area contributed by atoms with Gasteiger partial charge in [-0.1, -0.05) is 0 Å². The SMILES string of the molecule is COc1cc(Br)c(N)cc1S(=O)(=O)NC1CCSCC1. The van der Waals surface area contributed by atoms with Gasteiger partial charge in [-0.2, -0.15) is 11.8 Å². The van der Waals surface area contributed by atoms with Crippen LogP contribution in [0.15, 0.2) is 21.5 Å². The van der Waals surface area contributed by atoms with Crippen molar-refractivity contribution in [2.75, 3.05) is 24.3 Å². The third-order valence-electron chi connectivity index (χ3n) is 3.12. The molecule has 0 bridgehead atoms. The predicted octanol–water partition coefficient (Wildman–Crippen LogP) is 2.21. The number of anilines is 1. The second-order valence-electron chi connectivity index (χ2n) is 4.53. The fraction of sp³-hybridized carbons (Fsp3) is 0.500. The van der Waals surface area contributed by atoms with Crippen molar-refractivity contribution in [2.45, 2.75) is 23.8 Å². The average Bonchev–Trinajstić information content (AvgIpc) is 2.42. The van der Waals surface area contributed by atoms with E-state index in [1.807, 2.05) is 11.8 Å². The lowest BCUT2D eigenvalue weighted by molar-refractivity contribution is 0.401. The van der Waals surface area contributed by atoms with E-state index >= 15 is 0 Å². The molecule has 1 fully saturated rings. The summed E-state index contributed by atoms with van der Waals surface area (Å²) in [4.78, 5) is 0.0823. The van der Waals surface area contributed by atoms with E-state index in [0.717, 1.165) is 24.3 Å². The van der Waals surface area contributed by atoms with Gasteiger partial charge in [-0.25, -0.2) is 13.1 Å². The molecule has 2 rings (SSSR count). The third kappa shape index (κ3) is 3.60. The first-order chi connectivity index (χ1) is 9.44. The van der Waals surface area contributed by atoms with E-state index in [4.69, 9.17) is 10.5 Å². The van der Waals surface area contributed by atoms with Crippen molar-refractivity contribution in [3.05, 3.63) is 16.6 Å². The van der Waals surface area contributed by atoms with Crippen LogP contribution in [0.3, 0.4) is 0 Å². The number of benzene rings is 1. The van der Waals surface area contributed by atoms with Crippen molar-refractivity contribution in [3.63, 3.8) is 0 Å². The summed E-state index contributed by atoms with van der Waals surface area (Å²) in [5, 5.41) is 0. The smallest absolute Gasteiger partial charge is 0.244 e. The minimum atomic E-state index is -3.63. The number of nitrogens with two attached hydrogens (primary N) is 1. The zero-order valence-corrected chi connectivity index (χ0v) is 14.3. The lowest BCUT2D eigenvalue weighted by Gasteiger charge is -2.23. The maximum atomic E-state index is 12.5. The Balaban J connectivity index is 2.30. The molecule has 1 aromatic carbocycles. The van der Waals surface area contributed by atoms with Crippen molar-refractivity contribution < 1.29 is 13.2 Å². The Kier molecular flexibility index (Phi) is 5.22. The van der Waals surface area contributed by atoms with E-state index in [2.05, 4.69) is 20.7 Å². The highest BCUT2D eigenvalue weighted by Gasteiger charge is 2.25. The number of halogens is 1. The fourth-order valence-electron chi connectivity index (χ4n) is 2.02. The van der Waals surface area contributed by atoms with Gasteiger partial charge in [-0.15, -0.1) is 0 Å². The molecular formula is C12H17BrN2O3S2. The second kappa shape index (κ2) is 6.55. The summed E-state index contributed by atoms with van der Waals surface area (Å²) >= 11 is 5.11. The van der Waals surface area contributed by atoms with Crippen LogP contribution in [0.5, 0.6) is 5.75 Å². The van der Waals surface area contributed by atoms with Crippen molar-refractivity contribution >= 4 is 43.4 Å². The zero-order chi connectivity index (χ0) is 14.8. The van der Waals surface area contributed by atoms with Crippen LogP contribution >= 0.6 is 27.7 Å². The first-order valence-electron chi connectivity index (χ1n) is 6.17. The van der Waals surface area contributed by atoms with Gasteiger partial charge in [0.1, 0.15) is 10.6 Å². The number of sulfonamides is 1. The summed E-state index contributed by atoms with van der Waals surface area (Å²) in [7, 11) is -2.19. The van der Waals surface area contributed by atoms with E-state index in [1.165, 1.54) is 13.2 Å². The summed E-state index contributed by atoms with van der Waals surface area (Å²) in [6.45, 7) is 0. The Morgan fingerprint density at radius 2 is 2.05 bits per heavy atom. The summed E-state index contributed by atoms with van der Waals surface area (Å²) in [5.41, 5.74) is 6.14. The van der Waals surface area contributed by atoms with Crippen molar-refractivity contribution in [1.82, 2.24) is 4.72 Å². The number of hydrogen-bond acceptors (Lipinski definition) is 5. The van der Waals surface area contributed by atoms with Gasteiger partial charge in [0, 0.05) is 16.2 Å². The number of nitrogen functional groups attached to an aromatic ring is 1. The van der Waals surface area contributed by atoms with Crippen LogP contribution in [0.25, 0.3) is 0 Å². The topological polar surface area (TPSA) is 81.4 Å². The molecule has 112 valence electrons. The summed E-state index contributed by atoms with van der Waals surface area (Å²) < 4.78 is 33.5. The fourth-order valence-corrected chi connectivity index (χ4v) is 4.94. The minimum absolute atomic E-state index is 0.0178. The minimum Gasteiger partial charge on any atom is -0.495 e. The number of thioether (sulfide) groups is 1. The van der Waals surface area contributed by atoms with Gasteiger partial charge in [0.05, 0.1) is 7.11 Å². The van der Waals surface area contributed by atoms with E-state index in [1.54, 1.807) is 6.07 Å². The molecule has 0 spiro atoms. The Bertz CT molecular complexity index is 587. The molecule has 8 heteroatoms. The molecule has 0 amide bonds. The third-order valence-corrected chi connectivity index (χ3v) is 6.39. The van der Waals surface area contributed by atoms with E-state index in [0.29, 0.717) is 10.2 Å². The molecule has 1 aliphatic rings. The highest BCUT2D eigenvalue weighted by atomic mass is 79.9. The van der Waals surface area contributed by atoms with Crippen molar-refractivity contribution in [3.8, 4) is 5.75 Å². The second-order valence-corrected chi connectivity index (χ2v) is 8.29. The zero-order valence-electron chi connectivity index (χ0n) is 11.1. The van der Waals surface area contributed by atoms with Gasteiger partial charge < -0.3 is 10.5 Å². The quantitative estimate of drug-likeness (QED) is 0.782. The molecule has 1 aromatic rings. The molecule has 0 saturated carbocycles. The van der Waals surface area contributed by atoms with Gasteiger partial charge in [0.25, 0.3) is 0 Å². The lowest BCUT2D eigenvalue weighted by atomic mass is 10.2. The molecule has 20 heavy (non-hydrogen) atoms. The maximum Gasteiger partial charge on any atom is 0.244 e. The summed E-state index contributed by atoms with van der Waals surface area (Å²) in [5.74, 6) is 2.24. The highest BCUT2D eigenvalue weighted by molar-refractivity contribution is 9.10. The van der Waals surface area contributed by atoms with Crippen molar-refractivity contribution in [1.29, 1.82) is 0 Å². The normalized spacial score (nSPS) is 17.1. The number of hydrogen-bond donors (Lipinski definition) is 2. The molecule has 1 saturated heterocycles. The standard InChI is InChI=1S/C12H17BrN2O3S2/c1-18-11-6-9(13)10(14)7-12(11)20(16,17)15-8-2-4-19-5-3-8/h6-8,15H,2-5,14H2,1H3. The van der Waals surface area contributed by atoms with Crippen LogP contribution in [0.1, 0.15) is 12.8 Å². The number of ether oxygens (including phenoxy) is 1.